The molecule has 1 aromatic carbocycles. The summed E-state index contributed by atoms with van der Waals surface area (Å²) in [6.45, 7) is -1.98. The second-order valence-corrected chi connectivity index (χ2v) is 8.94. The zero-order valence-corrected chi connectivity index (χ0v) is 19.8. The van der Waals surface area contributed by atoms with E-state index in [0.29, 0.717) is 4.57 Å². The van der Waals surface area contributed by atoms with Crippen LogP contribution in [0.15, 0.2) is 34.0 Å². The monoisotopic (exact) mass is 534 g/mol. The van der Waals surface area contributed by atoms with E-state index in [9.17, 15) is 37.8 Å². The van der Waals surface area contributed by atoms with Crippen LogP contribution in [0.2, 0.25) is 5.02 Å². The van der Waals surface area contributed by atoms with Gasteiger partial charge in [0.05, 0.1) is 35.5 Å². The summed E-state index contributed by atoms with van der Waals surface area (Å²) in [6, 6.07) is 3.89. The van der Waals surface area contributed by atoms with E-state index in [2.05, 4.69) is 15.2 Å². The Bertz CT molecular complexity index is 1180. The number of rotatable bonds is 8. The number of carbonyl (C=O) groups is 1. The number of hydrogen-bond acceptors (Lipinski definition) is 7. The van der Waals surface area contributed by atoms with Crippen molar-refractivity contribution in [2.45, 2.75) is 63.8 Å². The molecule has 3 rings (SSSR count). The van der Waals surface area contributed by atoms with Gasteiger partial charge < -0.3 is 15.5 Å². The quantitative estimate of drug-likeness (QED) is 0.348. The Balaban J connectivity index is 1.82. The van der Waals surface area contributed by atoms with E-state index in [1.165, 1.54) is 18.2 Å². The van der Waals surface area contributed by atoms with Crippen molar-refractivity contribution in [3.8, 4) is 5.69 Å². The lowest BCUT2D eigenvalue weighted by Crippen LogP contribution is -2.43. The van der Waals surface area contributed by atoms with Crippen LogP contribution in [0, 0.1) is 5.92 Å². The third-order valence-corrected chi connectivity index (χ3v) is 6.19. The first-order valence-corrected chi connectivity index (χ1v) is 11.7. The highest BCUT2D eigenvalue weighted by Crippen LogP contribution is 2.25. The number of amides is 1. The van der Waals surface area contributed by atoms with Crippen LogP contribution >= 0.6 is 11.6 Å². The average molecular weight is 535 g/mol. The van der Waals surface area contributed by atoms with Crippen LogP contribution in [-0.4, -0.2) is 55.8 Å². The molecule has 2 aromatic rings. The summed E-state index contributed by atoms with van der Waals surface area (Å²) < 4.78 is 41.3. The van der Waals surface area contributed by atoms with Crippen molar-refractivity contribution in [2.75, 3.05) is 6.61 Å². The number of benzene rings is 1. The summed E-state index contributed by atoms with van der Waals surface area (Å²) in [7, 11) is 0. The number of alkyl halides is 3. The normalized spacial score (nSPS) is 16.8. The van der Waals surface area contributed by atoms with Gasteiger partial charge in [0.15, 0.2) is 0 Å². The van der Waals surface area contributed by atoms with Crippen LogP contribution in [0.1, 0.15) is 48.9 Å². The maximum atomic E-state index is 12.8. The van der Waals surface area contributed by atoms with Gasteiger partial charge in [0.1, 0.15) is 12.4 Å². The molecule has 0 bridgehead atoms. The maximum absolute atomic E-state index is 12.8. The third kappa shape index (κ3) is 7.38. The van der Waals surface area contributed by atoms with Crippen molar-refractivity contribution in [1.82, 2.24) is 19.7 Å². The predicted molar refractivity (Wildman–Crippen MR) is 122 cm³/mol. The topological polar surface area (TPSA) is 136 Å². The fraction of sp³-hybridized carbons (Fsp3) is 0.545. The molecule has 2 atom stereocenters. The van der Waals surface area contributed by atoms with Crippen molar-refractivity contribution in [3.05, 3.63) is 55.8 Å². The lowest BCUT2D eigenvalue weighted by atomic mass is 9.98. The maximum Gasteiger partial charge on any atom is 0.522 e. The standard InChI is InChI=1S/C22H26ClF3N4O6/c23-17-8-7-14(9-16(17)20(34)28-19(33)13-5-3-1-2-4-6-13)30-21(35)29(18(32)10-27-30)11-15(31)12-36-22(24,25)26/h7-10,13,15,19,31,33H,1-6,11-12H2,(H,28,34). The number of aromatic nitrogens is 3. The highest BCUT2D eigenvalue weighted by atomic mass is 35.5. The van der Waals surface area contributed by atoms with E-state index >= 15 is 0 Å². The summed E-state index contributed by atoms with van der Waals surface area (Å²) in [6.07, 6.45) is -1.56. The molecule has 0 aliphatic heterocycles. The molecule has 1 saturated carbocycles. The molecule has 3 N–H and O–H groups in total. The van der Waals surface area contributed by atoms with E-state index in [-0.39, 0.29) is 22.2 Å². The van der Waals surface area contributed by atoms with Crippen LogP contribution in [0.5, 0.6) is 0 Å². The molecule has 0 radical (unpaired) electrons. The molecule has 10 nitrogen and oxygen atoms in total. The molecule has 1 aliphatic rings. The number of nitrogens with zero attached hydrogens (tertiary/aromatic N) is 3. The van der Waals surface area contributed by atoms with E-state index < -0.39 is 49.0 Å². The van der Waals surface area contributed by atoms with E-state index in [0.717, 1.165) is 49.4 Å². The van der Waals surface area contributed by atoms with Gasteiger partial charge >= 0.3 is 12.1 Å². The summed E-state index contributed by atoms with van der Waals surface area (Å²) in [5, 5.41) is 26.6. The highest BCUT2D eigenvalue weighted by Gasteiger charge is 2.30. The van der Waals surface area contributed by atoms with Crippen molar-refractivity contribution in [3.63, 3.8) is 0 Å². The van der Waals surface area contributed by atoms with E-state index in [1.54, 1.807) is 0 Å². The number of carbonyl (C=O) groups excluding carboxylic acids is 1. The van der Waals surface area contributed by atoms with Gasteiger partial charge in [-0.15, -0.1) is 13.2 Å². The number of halogens is 4. The summed E-state index contributed by atoms with van der Waals surface area (Å²) >= 11 is 6.17. The highest BCUT2D eigenvalue weighted by molar-refractivity contribution is 6.33. The molecule has 1 fully saturated rings. The van der Waals surface area contributed by atoms with Crippen LogP contribution < -0.4 is 16.6 Å². The Hall–Kier alpha value is -2.74. The van der Waals surface area contributed by atoms with E-state index in [1.807, 2.05) is 0 Å². The zero-order chi connectivity index (χ0) is 26.5. The molecule has 1 heterocycles. The Morgan fingerprint density at radius 2 is 1.86 bits per heavy atom. The summed E-state index contributed by atoms with van der Waals surface area (Å²) in [4.78, 5) is 37.7. The smallest absolute Gasteiger partial charge is 0.389 e. The van der Waals surface area contributed by atoms with Crippen LogP contribution in [-0.2, 0) is 11.3 Å². The molecular weight excluding hydrogens is 509 g/mol. The zero-order valence-electron chi connectivity index (χ0n) is 19.1. The number of aliphatic hydroxyl groups excluding tert-OH is 2. The minimum absolute atomic E-state index is 0.0216. The summed E-state index contributed by atoms with van der Waals surface area (Å²) in [5.41, 5.74) is -2.07. The van der Waals surface area contributed by atoms with Gasteiger partial charge in [-0.3, -0.25) is 18.9 Å². The largest absolute Gasteiger partial charge is 0.522 e. The van der Waals surface area contributed by atoms with Gasteiger partial charge in [-0.1, -0.05) is 37.3 Å². The molecule has 198 valence electrons. The Morgan fingerprint density at radius 3 is 2.50 bits per heavy atom. The first-order valence-electron chi connectivity index (χ1n) is 11.3. The number of ether oxygens (including phenoxy) is 1. The number of nitrogens with one attached hydrogen (secondary N) is 1. The first kappa shape index (κ1) is 27.8. The van der Waals surface area contributed by atoms with Crippen molar-refractivity contribution < 1.29 is 32.9 Å². The molecule has 1 amide bonds. The molecule has 2 unspecified atom stereocenters. The van der Waals surface area contributed by atoms with Crippen LogP contribution in [0.25, 0.3) is 5.69 Å². The lowest BCUT2D eigenvalue weighted by molar-refractivity contribution is -0.330. The summed E-state index contributed by atoms with van der Waals surface area (Å²) in [5.74, 6) is -0.779. The molecule has 14 heteroatoms. The minimum atomic E-state index is -4.99. The Morgan fingerprint density at radius 1 is 1.19 bits per heavy atom. The molecule has 36 heavy (non-hydrogen) atoms. The van der Waals surface area contributed by atoms with Crippen LogP contribution in [0.4, 0.5) is 13.2 Å². The number of aliphatic hydroxyl groups is 2. The third-order valence-electron chi connectivity index (χ3n) is 5.86. The van der Waals surface area contributed by atoms with Gasteiger partial charge in [0.25, 0.3) is 11.5 Å². The van der Waals surface area contributed by atoms with Crippen LogP contribution in [0.3, 0.4) is 0 Å². The fourth-order valence-electron chi connectivity index (χ4n) is 4.01. The van der Waals surface area contributed by atoms with Gasteiger partial charge in [0.2, 0.25) is 0 Å². The minimum Gasteiger partial charge on any atom is -0.389 e. The Labute approximate surface area is 208 Å². The molecule has 1 aliphatic carbocycles. The van der Waals surface area contributed by atoms with Crippen molar-refractivity contribution >= 4 is 17.5 Å². The second-order valence-electron chi connectivity index (χ2n) is 8.53. The number of hydrogen-bond donors (Lipinski definition) is 3. The first-order chi connectivity index (χ1) is 17.0. The van der Waals surface area contributed by atoms with Crippen molar-refractivity contribution in [2.24, 2.45) is 5.92 Å². The van der Waals surface area contributed by atoms with Gasteiger partial charge in [-0.2, -0.15) is 9.78 Å². The van der Waals surface area contributed by atoms with Gasteiger partial charge in [-0.05, 0) is 31.0 Å². The second kappa shape index (κ2) is 12.0. The molecule has 0 spiro atoms. The van der Waals surface area contributed by atoms with Crippen molar-refractivity contribution in [1.29, 1.82) is 0 Å². The fourth-order valence-corrected chi connectivity index (χ4v) is 4.21. The predicted octanol–water partition coefficient (Wildman–Crippen LogP) is 1.96. The van der Waals surface area contributed by atoms with E-state index in [4.69, 9.17) is 11.6 Å². The molecule has 1 aromatic heterocycles. The lowest BCUT2D eigenvalue weighted by Gasteiger charge is -2.22. The SMILES string of the molecule is O=C(NC(O)C1CCCCCC1)c1cc(-n2ncc(=O)n(CC(O)COC(F)(F)F)c2=O)ccc1Cl. The molecular formula is C22H26ClF3N4O6. The molecule has 0 saturated heterocycles. The van der Waals surface area contributed by atoms with Gasteiger partial charge in [-0.25, -0.2) is 4.79 Å². The Kier molecular flexibility index (Phi) is 9.28. The average Bonchev–Trinajstić information content (AvgIpc) is 3.10. The van der Waals surface area contributed by atoms with Gasteiger partial charge in [0, 0.05) is 5.92 Å².